The molecule has 17 heavy (non-hydrogen) atoms. The average molecular weight is 302 g/mol. The second kappa shape index (κ2) is 8.50. The van der Waals surface area contributed by atoms with E-state index in [0.29, 0.717) is 19.8 Å². The molecular weight excluding hydrogens is 282 g/mol. The van der Waals surface area contributed by atoms with Gasteiger partial charge in [0, 0.05) is 23.2 Å². The molecule has 4 heteroatoms. The van der Waals surface area contributed by atoms with Crippen molar-refractivity contribution in [3.63, 3.8) is 0 Å². The molecule has 0 aromatic heterocycles. The van der Waals surface area contributed by atoms with Crippen molar-refractivity contribution in [1.29, 1.82) is 0 Å². The lowest BCUT2D eigenvalue weighted by atomic mass is 10.2. The van der Waals surface area contributed by atoms with Crippen LogP contribution in [0.2, 0.25) is 0 Å². The average Bonchev–Trinajstić information content (AvgIpc) is 2.34. The van der Waals surface area contributed by atoms with E-state index in [1.165, 1.54) is 0 Å². The van der Waals surface area contributed by atoms with Gasteiger partial charge in [0.05, 0.1) is 6.61 Å². The summed E-state index contributed by atoms with van der Waals surface area (Å²) in [6.45, 7) is 4.62. The number of benzene rings is 1. The van der Waals surface area contributed by atoms with Crippen molar-refractivity contribution in [2.24, 2.45) is 5.73 Å². The maximum Gasteiger partial charge on any atom is 0.125 e. The van der Waals surface area contributed by atoms with Crippen LogP contribution in [0.4, 0.5) is 0 Å². The highest BCUT2D eigenvalue weighted by Crippen LogP contribution is 2.23. The standard InChI is InChI=1S/C13H20BrNO2/c1-2-3-6-16-7-8-17-13-9-12(14)5-4-11(13)10-15/h4-5,9H,2-3,6-8,10,15H2,1H3. The Morgan fingerprint density at radius 1 is 1.24 bits per heavy atom. The fraction of sp³-hybridized carbons (Fsp3) is 0.538. The minimum absolute atomic E-state index is 0.485. The van der Waals surface area contributed by atoms with Gasteiger partial charge >= 0.3 is 0 Å². The van der Waals surface area contributed by atoms with Crippen LogP contribution in [0.5, 0.6) is 5.75 Å². The molecule has 0 radical (unpaired) electrons. The van der Waals surface area contributed by atoms with Crippen LogP contribution < -0.4 is 10.5 Å². The van der Waals surface area contributed by atoms with E-state index >= 15 is 0 Å². The van der Waals surface area contributed by atoms with E-state index in [0.717, 1.165) is 35.2 Å². The Kier molecular flexibility index (Phi) is 7.24. The van der Waals surface area contributed by atoms with Crippen molar-refractivity contribution in [2.75, 3.05) is 19.8 Å². The van der Waals surface area contributed by atoms with Crippen molar-refractivity contribution in [1.82, 2.24) is 0 Å². The molecule has 0 aliphatic carbocycles. The minimum Gasteiger partial charge on any atom is -0.491 e. The summed E-state index contributed by atoms with van der Waals surface area (Å²) in [5, 5.41) is 0. The Morgan fingerprint density at radius 3 is 2.76 bits per heavy atom. The van der Waals surface area contributed by atoms with Crippen LogP contribution >= 0.6 is 15.9 Å². The van der Waals surface area contributed by atoms with Gasteiger partial charge in [-0.1, -0.05) is 35.3 Å². The zero-order valence-corrected chi connectivity index (χ0v) is 11.8. The lowest BCUT2D eigenvalue weighted by Gasteiger charge is -2.11. The molecule has 0 saturated carbocycles. The maximum absolute atomic E-state index is 5.65. The predicted molar refractivity (Wildman–Crippen MR) is 73.3 cm³/mol. The third-order valence-corrected chi connectivity index (χ3v) is 2.87. The van der Waals surface area contributed by atoms with Gasteiger partial charge in [-0.05, 0) is 18.6 Å². The number of rotatable bonds is 8. The third-order valence-electron chi connectivity index (χ3n) is 2.38. The topological polar surface area (TPSA) is 44.5 Å². The van der Waals surface area contributed by atoms with Gasteiger partial charge in [0.25, 0.3) is 0 Å². The Hall–Kier alpha value is -0.580. The lowest BCUT2D eigenvalue weighted by Crippen LogP contribution is -2.09. The Labute approximate surface area is 111 Å². The molecule has 1 aromatic rings. The van der Waals surface area contributed by atoms with Gasteiger partial charge in [-0.15, -0.1) is 0 Å². The Morgan fingerprint density at radius 2 is 2.06 bits per heavy atom. The molecule has 1 aromatic carbocycles. The van der Waals surface area contributed by atoms with Crippen LogP contribution in [0.25, 0.3) is 0 Å². The molecule has 0 amide bonds. The molecule has 0 aliphatic rings. The van der Waals surface area contributed by atoms with Gasteiger partial charge in [-0.3, -0.25) is 0 Å². The van der Waals surface area contributed by atoms with E-state index in [1.54, 1.807) is 0 Å². The summed E-state index contributed by atoms with van der Waals surface area (Å²) < 4.78 is 12.1. The zero-order valence-electron chi connectivity index (χ0n) is 10.2. The molecule has 0 unspecified atom stereocenters. The van der Waals surface area contributed by atoms with Gasteiger partial charge in [0.15, 0.2) is 0 Å². The molecule has 0 atom stereocenters. The highest BCUT2D eigenvalue weighted by Gasteiger charge is 2.02. The first-order valence-electron chi connectivity index (χ1n) is 5.97. The number of ether oxygens (including phenoxy) is 2. The summed E-state index contributed by atoms with van der Waals surface area (Å²) in [4.78, 5) is 0. The number of unbranched alkanes of at least 4 members (excludes halogenated alkanes) is 1. The monoisotopic (exact) mass is 301 g/mol. The molecule has 0 saturated heterocycles. The van der Waals surface area contributed by atoms with Crippen molar-refractivity contribution in [3.05, 3.63) is 28.2 Å². The van der Waals surface area contributed by atoms with E-state index in [-0.39, 0.29) is 0 Å². The molecule has 3 nitrogen and oxygen atoms in total. The Balaban J connectivity index is 2.32. The summed E-state index contributed by atoms with van der Waals surface area (Å²) in [6.07, 6.45) is 2.26. The number of hydrogen-bond acceptors (Lipinski definition) is 3. The lowest BCUT2D eigenvalue weighted by molar-refractivity contribution is 0.0977. The molecule has 0 bridgehead atoms. The van der Waals surface area contributed by atoms with E-state index in [4.69, 9.17) is 15.2 Å². The smallest absolute Gasteiger partial charge is 0.125 e. The van der Waals surface area contributed by atoms with Gasteiger partial charge in [-0.2, -0.15) is 0 Å². The van der Waals surface area contributed by atoms with Gasteiger partial charge in [-0.25, -0.2) is 0 Å². The highest BCUT2D eigenvalue weighted by molar-refractivity contribution is 9.10. The summed E-state index contributed by atoms with van der Waals surface area (Å²) >= 11 is 3.42. The predicted octanol–water partition coefficient (Wildman–Crippen LogP) is 3.10. The van der Waals surface area contributed by atoms with E-state index in [1.807, 2.05) is 18.2 Å². The first-order chi connectivity index (χ1) is 8.27. The SMILES string of the molecule is CCCCOCCOc1cc(Br)ccc1CN. The van der Waals surface area contributed by atoms with Crippen molar-refractivity contribution in [3.8, 4) is 5.75 Å². The van der Waals surface area contributed by atoms with Crippen LogP contribution in [0.1, 0.15) is 25.3 Å². The minimum atomic E-state index is 0.485. The number of halogens is 1. The van der Waals surface area contributed by atoms with Crippen LogP contribution in [0.3, 0.4) is 0 Å². The van der Waals surface area contributed by atoms with Crippen molar-refractivity contribution < 1.29 is 9.47 Å². The molecule has 0 spiro atoms. The van der Waals surface area contributed by atoms with E-state index in [2.05, 4.69) is 22.9 Å². The Bertz CT molecular complexity index is 331. The molecule has 0 aliphatic heterocycles. The highest BCUT2D eigenvalue weighted by atomic mass is 79.9. The largest absolute Gasteiger partial charge is 0.491 e. The van der Waals surface area contributed by atoms with Crippen LogP contribution in [0.15, 0.2) is 22.7 Å². The number of hydrogen-bond donors (Lipinski definition) is 1. The first-order valence-corrected chi connectivity index (χ1v) is 6.76. The molecule has 96 valence electrons. The van der Waals surface area contributed by atoms with Crippen LogP contribution in [-0.4, -0.2) is 19.8 Å². The summed E-state index contributed by atoms with van der Waals surface area (Å²) in [7, 11) is 0. The van der Waals surface area contributed by atoms with Gasteiger partial charge in [0.2, 0.25) is 0 Å². The van der Waals surface area contributed by atoms with Crippen LogP contribution in [-0.2, 0) is 11.3 Å². The molecular formula is C13H20BrNO2. The first kappa shape index (κ1) is 14.5. The van der Waals surface area contributed by atoms with Crippen LogP contribution in [0, 0.1) is 0 Å². The molecule has 0 heterocycles. The quantitative estimate of drug-likeness (QED) is 0.750. The summed E-state index contributed by atoms with van der Waals surface area (Å²) in [6, 6.07) is 5.87. The van der Waals surface area contributed by atoms with E-state index < -0.39 is 0 Å². The number of nitrogens with two attached hydrogens (primary N) is 1. The summed E-state index contributed by atoms with van der Waals surface area (Å²) in [5.74, 6) is 0.834. The van der Waals surface area contributed by atoms with Crippen molar-refractivity contribution in [2.45, 2.75) is 26.3 Å². The van der Waals surface area contributed by atoms with E-state index in [9.17, 15) is 0 Å². The second-order valence-electron chi connectivity index (χ2n) is 3.77. The summed E-state index contributed by atoms with van der Waals surface area (Å²) in [5.41, 5.74) is 6.66. The normalized spacial score (nSPS) is 10.5. The maximum atomic E-state index is 5.65. The third kappa shape index (κ3) is 5.52. The zero-order chi connectivity index (χ0) is 12.5. The van der Waals surface area contributed by atoms with Crippen molar-refractivity contribution >= 4 is 15.9 Å². The van der Waals surface area contributed by atoms with Gasteiger partial charge in [0.1, 0.15) is 12.4 Å². The fourth-order valence-corrected chi connectivity index (χ4v) is 1.73. The molecule has 0 fully saturated rings. The fourth-order valence-electron chi connectivity index (χ4n) is 1.39. The molecule has 2 N–H and O–H groups in total. The van der Waals surface area contributed by atoms with Gasteiger partial charge < -0.3 is 15.2 Å². The second-order valence-corrected chi connectivity index (χ2v) is 4.69. The molecule has 1 rings (SSSR count).